The number of ether oxygens (including phenoxy) is 2. The maximum absolute atomic E-state index is 10.8. The van der Waals surface area contributed by atoms with Crippen LogP contribution in [0.15, 0.2) is 24.8 Å². The van der Waals surface area contributed by atoms with Crippen LogP contribution in [0, 0.1) is 0 Å². The maximum Gasteiger partial charge on any atom is 0.333 e. The Labute approximate surface area is 154 Å². The molecule has 0 bridgehead atoms. The highest BCUT2D eigenvalue weighted by molar-refractivity contribution is 5.86. The van der Waals surface area contributed by atoms with Crippen LogP contribution in [0.3, 0.4) is 0 Å². The van der Waals surface area contributed by atoms with Crippen LogP contribution in [-0.2, 0) is 19.1 Å². The van der Waals surface area contributed by atoms with Crippen molar-refractivity contribution in [2.24, 2.45) is 0 Å². The van der Waals surface area contributed by atoms with E-state index in [1.807, 2.05) is 27.7 Å². The SMILES string of the molecule is C=C(C)C(=O)OCCNC(C)C.C=CC(=O)OCCNCCC.CC. The summed E-state index contributed by atoms with van der Waals surface area (Å²) in [5.74, 6) is -0.677. The molecule has 0 radical (unpaired) electrons. The molecule has 6 heteroatoms. The summed E-state index contributed by atoms with van der Waals surface area (Å²) in [4.78, 5) is 21.3. The topological polar surface area (TPSA) is 76.7 Å². The van der Waals surface area contributed by atoms with Crippen LogP contribution in [0.25, 0.3) is 0 Å². The first kappa shape index (κ1) is 28.2. The molecule has 0 saturated carbocycles. The Balaban J connectivity index is -0.000000353. The Morgan fingerprint density at radius 1 is 1.08 bits per heavy atom. The van der Waals surface area contributed by atoms with Crippen molar-refractivity contribution < 1.29 is 19.1 Å². The highest BCUT2D eigenvalue weighted by Crippen LogP contribution is 1.90. The summed E-state index contributed by atoms with van der Waals surface area (Å²) < 4.78 is 9.57. The summed E-state index contributed by atoms with van der Waals surface area (Å²) in [5, 5.41) is 6.24. The van der Waals surface area contributed by atoms with E-state index in [0.29, 0.717) is 37.9 Å². The molecule has 148 valence electrons. The van der Waals surface area contributed by atoms with Crippen molar-refractivity contribution in [3.05, 3.63) is 24.8 Å². The average Bonchev–Trinajstić information content (AvgIpc) is 2.60. The molecular formula is C19H38N2O4. The minimum Gasteiger partial charge on any atom is -0.461 e. The number of carbonyl (C=O) groups is 2. The molecule has 25 heavy (non-hydrogen) atoms. The molecule has 0 aliphatic rings. The van der Waals surface area contributed by atoms with Crippen LogP contribution < -0.4 is 10.6 Å². The van der Waals surface area contributed by atoms with E-state index in [2.05, 4.69) is 30.7 Å². The zero-order valence-corrected chi connectivity index (χ0v) is 16.9. The summed E-state index contributed by atoms with van der Waals surface area (Å²) in [5.41, 5.74) is 0.444. The molecule has 0 fully saturated rings. The van der Waals surface area contributed by atoms with E-state index in [4.69, 9.17) is 9.47 Å². The Bertz CT molecular complexity index is 355. The molecular weight excluding hydrogens is 320 g/mol. The molecule has 0 aromatic carbocycles. The van der Waals surface area contributed by atoms with Gasteiger partial charge < -0.3 is 20.1 Å². The molecule has 0 saturated heterocycles. The number of hydrogen-bond acceptors (Lipinski definition) is 6. The normalized spacial score (nSPS) is 9.08. The summed E-state index contributed by atoms with van der Waals surface area (Å²) in [6.07, 6.45) is 2.26. The van der Waals surface area contributed by atoms with Crippen LogP contribution in [0.1, 0.15) is 48.0 Å². The van der Waals surface area contributed by atoms with E-state index in [1.165, 1.54) is 6.08 Å². The van der Waals surface area contributed by atoms with Crippen molar-refractivity contribution in [3.63, 3.8) is 0 Å². The molecule has 0 spiro atoms. The van der Waals surface area contributed by atoms with Gasteiger partial charge in [0.05, 0.1) is 0 Å². The van der Waals surface area contributed by atoms with Gasteiger partial charge in [0.1, 0.15) is 13.2 Å². The van der Waals surface area contributed by atoms with E-state index in [1.54, 1.807) is 6.92 Å². The zero-order valence-electron chi connectivity index (χ0n) is 16.9. The summed E-state index contributed by atoms with van der Waals surface area (Å²) >= 11 is 0. The Hall–Kier alpha value is -1.66. The van der Waals surface area contributed by atoms with Crippen LogP contribution >= 0.6 is 0 Å². The second kappa shape index (κ2) is 22.3. The quantitative estimate of drug-likeness (QED) is 0.336. The van der Waals surface area contributed by atoms with Gasteiger partial charge in [-0.15, -0.1) is 0 Å². The number of rotatable bonds is 11. The van der Waals surface area contributed by atoms with Gasteiger partial charge in [-0.3, -0.25) is 0 Å². The van der Waals surface area contributed by atoms with Crippen molar-refractivity contribution in [1.82, 2.24) is 10.6 Å². The van der Waals surface area contributed by atoms with Crippen molar-refractivity contribution >= 4 is 11.9 Å². The molecule has 2 N–H and O–H groups in total. The van der Waals surface area contributed by atoms with E-state index in [9.17, 15) is 9.59 Å². The molecule has 0 aromatic heterocycles. The molecule has 0 aliphatic carbocycles. The number of esters is 2. The highest BCUT2D eigenvalue weighted by Gasteiger charge is 2.01. The standard InChI is InChI=1S/C9H17NO2.C8H15NO2.C2H6/c1-7(2)9(11)12-6-5-10-8(3)4;1-3-5-9-6-7-11-8(10)4-2;1-2/h8,10H,1,5-6H2,2-4H3;4,9H,2-3,5-7H2,1H3;1-2H3. The lowest BCUT2D eigenvalue weighted by Gasteiger charge is -2.08. The summed E-state index contributed by atoms with van der Waals surface area (Å²) in [7, 11) is 0. The molecule has 0 aliphatic heterocycles. The van der Waals surface area contributed by atoms with Gasteiger partial charge >= 0.3 is 11.9 Å². The van der Waals surface area contributed by atoms with E-state index in [-0.39, 0.29) is 11.9 Å². The third-order valence-corrected chi connectivity index (χ3v) is 2.35. The molecule has 0 amide bonds. The Morgan fingerprint density at radius 2 is 1.64 bits per heavy atom. The number of carbonyl (C=O) groups excluding carboxylic acids is 2. The van der Waals surface area contributed by atoms with Crippen LogP contribution in [-0.4, -0.2) is 50.8 Å². The van der Waals surface area contributed by atoms with E-state index >= 15 is 0 Å². The van der Waals surface area contributed by atoms with Crippen molar-refractivity contribution in [2.45, 2.75) is 54.0 Å². The third-order valence-electron chi connectivity index (χ3n) is 2.35. The first-order valence-electron chi connectivity index (χ1n) is 8.91. The predicted octanol–water partition coefficient (Wildman–Crippen LogP) is 2.85. The van der Waals surface area contributed by atoms with Crippen molar-refractivity contribution in [3.8, 4) is 0 Å². The van der Waals surface area contributed by atoms with Gasteiger partial charge in [0.25, 0.3) is 0 Å². The largest absolute Gasteiger partial charge is 0.461 e. The van der Waals surface area contributed by atoms with Gasteiger partial charge in [-0.25, -0.2) is 9.59 Å². The highest BCUT2D eigenvalue weighted by atomic mass is 16.5. The van der Waals surface area contributed by atoms with Gasteiger partial charge in [-0.2, -0.15) is 0 Å². The minimum absolute atomic E-state index is 0.319. The van der Waals surface area contributed by atoms with Gasteiger partial charge in [0.15, 0.2) is 0 Å². The lowest BCUT2D eigenvalue weighted by molar-refractivity contribution is -0.139. The van der Waals surface area contributed by atoms with Crippen LogP contribution in [0.5, 0.6) is 0 Å². The fourth-order valence-corrected chi connectivity index (χ4v) is 1.20. The first-order chi connectivity index (χ1) is 11.8. The molecule has 0 heterocycles. The third kappa shape index (κ3) is 27.5. The number of nitrogens with one attached hydrogen (secondary N) is 2. The van der Waals surface area contributed by atoms with Crippen LogP contribution in [0.4, 0.5) is 0 Å². The predicted molar refractivity (Wildman–Crippen MR) is 105 cm³/mol. The average molecular weight is 359 g/mol. The van der Waals surface area contributed by atoms with Gasteiger partial charge in [-0.05, 0) is 19.9 Å². The second-order valence-corrected chi connectivity index (χ2v) is 5.15. The molecule has 6 nitrogen and oxygen atoms in total. The van der Waals surface area contributed by atoms with Gasteiger partial charge in [-0.1, -0.05) is 47.8 Å². The van der Waals surface area contributed by atoms with Crippen molar-refractivity contribution in [1.29, 1.82) is 0 Å². The van der Waals surface area contributed by atoms with Gasteiger partial charge in [0.2, 0.25) is 0 Å². The minimum atomic E-state index is -0.358. The lowest BCUT2D eigenvalue weighted by Crippen LogP contribution is -2.27. The Kier molecular flexibility index (Phi) is 25.2. The van der Waals surface area contributed by atoms with E-state index < -0.39 is 0 Å². The maximum atomic E-state index is 10.8. The molecule has 0 unspecified atom stereocenters. The summed E-state index contributed by atoms with van der Waals surface area (Å²) in [6.45, 7) is 21.8. The lowest BCUT2D eigenvalue weighted by atomic mass is 10.4. The molecule has 0 rings (SSSR count). The molecule has 0 aromatic rings. The second-order valence-electron chi connectivity index (χ2n) is 5.15. The van der Waals surface area contributed by atoms with E-state index in [0.717, 1.165) is 13.0 Å². The molecule has 0 atom stereocenters. The Morgan fingerprint density at radius 3 is 2.08 bits per heavy atom. The number of hydrogen-bond donors (Lipinski definition) is 2. The van der Waals surface area contributed by atoms with Crippen LogP contribution in [0.2, 0.25) is 0 Å². The smallest absolute Gasteiger partial charge is 0.333 e. The van der Waals surface area contributed by atoms with Gasteiger partial charge in [0, 0.05) is 30.8 Å². The van der Waals surface area contributed by atoms with Crippen molar-refractivity contribution in [2.75, 3.05) is 32.8 Å². The fraction of sp³-hybridized carbons (Fsp3) is 0.684. The summed E-state index contributed by atoms with van der Waals surface area (Å²) in [6, 6.07) is 0.425. The monoisotopic (exact) mass is 358 g/mol. The fourth-order valence-electron chi connectivity index (χ4n) is 1.20. The first-order valence-corrected chi connectivity index (χ1v) is 8.91. The zero-order chi connectivity index (χ0) is 20.1.